The summed E-state index contributed by atoms with van der Waals surface area (Å²) in [6, 6.07) is 7.36. The van der Waals surface area contributed by atoms with Gasteiger partial charge in [0.05, 0.1) is 18.6 Å². The van der Waals surface area contributed by atoms with E-state index < -0.39 is 47.7 Å². The lowest BCUT2D eigenvalue weighted by Gasteiger charge is -2.35. The van der Waals surface area contributed by atoms with Gasteiger partial charge in [-0.3, -0.25) is 19.2 Å². The molecular weight excluding hydrogens is 646 g/mol. The molecule has 1 spiro atoms. The van der Waals surface area contributed by atoms with Crippen LogP contribution in [0.4, 0.5) is 0 Å². The van der Waals surface area contributed by atoms with Gasteiger partial charge in [0.25, 0.3) is 0 Å². The molecule has 2 saturated heterocycles. The second-order valence-electron chi connectivity index (χ2n) is 12.0. The van der Waals surface area contributed by atoms with E-state index in [4.69, 9.17) is 14.2 Å². The van der Waals surface area contributed by atoms with Gasteiger partial charge >= 0.3 is 5.97 Å². The number of hydrogen-bond acceptors (Lipinski definition) is 8. The van der Waals surface area contributed by atoms with Gasteiger partial charge in [0.2, 0.25) is 17.7 Å². The number of nitrogens with one attached hydrogen (secondary N) is 1. The smallest absolute Gasteiger partial charge is 0.313 e. The van der Waals surface area contributed by atoms with Crippen molar-refractivity contribution in [1.29, 1.82) is 0 Å². The lowest BCUT2D eigenvalue weighted by atomic mass is 9.74. The highest BCUT2D eigenvalue weighted by molar-refractivity contribution is 9.11. The Morgan fingerprint density at radius 2 is 1.84 bits per heavy atom. The molecule has 2 N–H and O–H groups in total. The van der Waals surface area contributed by atoms with Crippen molar-refractivity contribution in [1.82, 2.24) is 15.1 Å². The number of unbranched alkanes of at least 4 members (excludes halogenated alkanes) is 1. The van der Waals surface area contributed by atoms with E-state index in [0.717, 1.165) is 12.8 Å². The number of methoxy groups -OCH3 is 1. The van der Waals surface area contributed by atoms with Gasteiger partial charge < -0.3 is 34.4 Å². The molecule has 1 aromatic rings. The van der Waals surface area contributed by atoms with Gasteiger partial charge in [0.1, 0.15) is 29.8 Å². The van der Waals surface area contributed by atoms with Crippen molar-refractivity contribution >= 4 is 39.6 Å². The molecule has 2 fully saturated rings. The minimum Gasteiger partial charge on any atom is -0.455 e. The SMILES string of the molecule is CCCCN1C/C=C\CCC(=O)N[C@H](COC)[C@@H](c2ccccc2)OC(=O)[C@@H]2[C@H]3O[C@@]4(C=C3Br)[C@H](C1=O)N(CCCO)C(=O)[C@@H]24. The Labute approximate surface area is 272 Å². The third-order valence-corrected chi connectivity index (χ3v) is 9.72. The highest BCUT2D eigenvalue weighted by atomic mass is 79.9. The summed E-state index contributed by atoms with van der Waals surface area (Å²) in [5.41, 5.74) is -0.734. The second kappa shape index (κ2) is 14.6. The van der Waals surface area contributed by atoms with E-state index >= 15 is 0 Å². The van der Waals surface area contributed by atoms with E-state index in [1.54, 1.807) is 11.0 Å². The van der Waals surface area contributed by atoms with E-state index in [9.17, 15) is 24.3 Å². The maximum atomic E-state index is 14.5. The third kappa shape index (κ3) is 6.47. The normalized spacial score (nSPS) is 32.8. The number of allylic oxidation sites excluding steroid dienone is 1. The number of ether oxygens (including phenoxy) is 3. The Morgan fingerprint density at radius 1 is 1.07 bits per heavy atom. The van der Waals surface area contributed by atoms with E-state index in [-0.39, 0.29) is 50.3 Å². The maximum Gasteiger partial charge on any atom is 0.313 e. The number of aliphatic hydroxyl groups is 1. The minimum atomic E-state index is -1.39. The molecule has 4 heterocycles. The highest BCUT2D eigenvalue weighted by Gasteiger charge is 2.74. The number of carbonyl (C=O) groups excluding carboxylic acids is 4. The lowest BCUT2D eigenvalue weighted by molar-refractivity contribution is -0.162. The van der Waals surface area contributed by atoms with Crippen LogP contribution in [0.5, 0.6) is 0 Å². The molecule has 4 aliphatic heterocycles. The molecule has 5 bridgehead atoms. The van der Waals surface area contributed by atoms with Crippen LogP contribution in [-0.4, -0.2) is 102 Å². The average Bonchev–Trinajstić information content (AvgIpc) is 3.62. The van der Waals surface area contributed by atoms with Crippen molar-refractivity contribution in [3.63, 3.8) is 0 Å². The van der Waals surface area contributed by atoms with Gasteiger partial charge in [0.15, 0.2) is 0 Å². The summed E-state index contributed by atoms with van der Waals surface area (Å²) < 4.78 is 18.8. The summed E-state index contributed by atoms with van der Waals surface area (Å²) >= 11 is 3.58. The number of likely N-dealkylation sites (tertiary alicyclic amines) is 1. The zero-order valence-corrected chi connectivity index (χ0v) is 27.3. The van der Waals surface area contributed by atoms with Crippen LogP contribution in [0.3, 0.4) is 0 Å². The molecular formula is C33H42BrN3O8. The number of amides is 3. The number of cyclic esters (lactones) is 1. The van der Waals surface area contributed by atoms with Gasteiger partial charge in [-0.05, 0) is 30.9 Å². The molecule has 0 saturated carbocycles. The quantitative estimate of drug-likeness (QED) is 0.299. The molecule has 0 radical (unpaired) electrons. The van der Waals surface area contributed by atoms with Crippen molar-refractivity contribution in [2.45, 2.75) is 68.9 Å². The van der Waals surface area contributed by atoms with E-state index in [1.165, 1.54) is 12.0 Å². The number of aliphatic hydroxyl groups excluding tert-OH is 1. The molecule has 0 unspecified atom stereocenters. The summed E-state index contributed by atoms with van der Waals surface area (Å²) in [6.07, 6.45) is 6.30. The summed E-state index contributed by atoms with van der Waals surface area (Å²) in [6.45, 7) is 2.85. The number of benzene rings is 1. The molecule has 1 aromatic carbocycles. The summed E-state index contributed by atoms with van der Waals surface area (Å²) in [4.78, 5) is 59.3. The standard InChI is InChI=1S/C33H42BrN3O8/c1-3-4-15-36-16-10-6-9-14-24(39)35-23(20-43-2)27(21-12-7-5-8-13-21)44-32(42)25-26-30(40)37(17-11-18-38)29(31(36)41)33(26)19-22(34)28(25)45-33/h5-8,10,12-13,19,23,25-29,38H,3-4,9,11,14-18,20H2,1-2H3,(H,35,39)/b10-6-/t23-,25+,26-,27-,28+,29+,33-/m1/s1. The van der Waals surface area contributed by atoms with Crippen LogP contribution in [-0.2, 0) is 33.4 Å². The Kier molecular flexibility index (Phi) is 10.8. The summed E-state index contributed by atoms with van der Waals surface area (Å²) in [7, 11) is 1.51. The van der Waals surface area contributed by atoms with Gasteiger partial charge in [-0.2, -0.15) is 0 Å². The average molecular weight is 689 g/mol. The van der Waals surface area contributed by atoms with Crippen LogP contribution in [0.25, 0.3) is 0 Å². The largest absolute Gasteiger partial charge is 0.455 e. The molecule has 0 aliphatic carbocycles. The van der Waals surface area contributed by atoms with Gasteiger partial charge in [0, 0.05) is 44.3 Å². The van der Waals surface area contributed by atoms with E-state index in [2.05, 4.69) is 21.2 Å². The highest BCUT2D eigenvalue weighted by Crippen LogP contribution is 2.59. The maximum absolute atomic E-state index is 14.5. The molecule has 244 valence electrons. The predicted molar refractivity (Wildman–Crippen MR) is 168 cm³/mol. The number of esters is 1. The molecule has 7 atom stereocenters. The Morgan fingerprint density at radius 3 is 2.56 bits per heavy atom. The number of halogens is 1. The number of nitrogens with zero attached hydrogens (tertiary/aromatic N) is 2. The Balaban J connectivity index is 1.60. The molecule has 11 nitrogen and oxygen atoms in total. The van der Waals surface area contributed by atoms with E-state index in [0.29, 0.717) is 29.6 Å². The zero-order valence-electron chi connectivity index (χ0n) is 25.7. The first-order valence-electron chi connectivity index (χ1n) is 15.7. The van der Waals surface area contributed by atoms with Crippen LogP contribution < -0.4 is 5.32 Å². The van der Waals surface area contributed by atoms with Crippen LogP contribution in [0, 0.1) is 11.8 Å². The number of rotatable bonds is 9. The molecule has 0 aromatic heterocycles. The number of carbonyl (C=O) groups is 4. The van der Waals surface area contributed by atoms with Crippen molar-refractivity contribution < 1.29 is 38.5 Å². The fraction of sp³-hybridized carbons (Fsp3) is 0.576. The lowest BCUT2D eigenvalue weighted by Crippen LogP contribution is -2.56. The third-order valence-electron chi connectivity index (χ3n) is 9.04. The van der Waals surface area contributed by atoms with Crippen molar-refractivity contribution in [2.24, 2.45) is 11.8 Å². The first-order valence-corrected chi connectivity index (χ1v) is 16.5. The topological polar surface area (TPSA) is 135 Å². The monoisotopic (exact) mass is 687 g/mol. The van der Waals surface area contributed by atoms with Crippen molar-refractivity contribution in [3.05, 3.63) is 58.6 Å². The first kappa shape index (κ1) is 33.3. The fourth-order valence-corrected chi connectivity index (χ4v) is 7.72. The van der Waals surface area contributed by atoms with Crippen molar-refractivity contribution in [3.8, 4) is 0 Å². The molecule has 5 rings (SSSR count). The molecule has 12 heteroatoms. The predicted octanol–water partition coefficient (Wildman–Crippen LogP) is 2.64. The molecule has 4 aliphatic rings. The number of fused-ring (bicyclic) bond motifs is 2. The first-order chi connectivity index (χ1) is 21.8. The fourth-order valence-electron chi connectivity index (χ4n) is 6.99. The number of hydrogen-bond donors (Lipinski definition) is 2. The molecule has 45 heavy (non-hydrogen) atoms. The van der Waals surface area contributed by atoms with Crippen LogP contribution in [0.15, 0.2) is 53.0 Å². The zero-order chi connectivity index (χ0) is 32.1. The second-order valence-corrected chi connectivity index (χ2v) is 12.9. The Hall–Kier alpha value is -3.06. The Bertz CT molecular complexity index is 1320. The summed E-state index contributed by atoms with van der Waals surface area (Å²) in [5, 5.41) is 12.7. The van der Waals surface area contributed by atoms with Gasteiger partial charge in [-0.25, -0.2) is 0 Å². The minimum absolute atomic E-state index is 0.0762. The van der Waals surface area contributed by atoms with Crippen molar-refractivity contribution in [2.75, 3.05) is 40.0 Å². The van der Waals surface area contributed by atoms with Crippen LogP contribution in [0.1, 0.15) is 50.7 Å². The summed E-state index contributed by atoms with van der Waals surface area (Å²) in [5.74, 6) is -3.61. The molecule has 3 amide bonds. The van der Waals surface area contributed by atoms with Gasteiger partial charge in [-0.15, -0.1) is 0 Å². The van der Waals surface area contributed by atoms with E-state index in [1.807, 2.05) is 49.4 Å². The van der Waals surface area contributed by atoms with Crippen LogP contribution in [0.2, 0.25) is 0 Å². The van der Waals surface area contributed by atoms with Crippen LogP contribution >= 0.6 is 15.9 Å². The van der Waals surface area contributed by atoms with Gasteiger partial charge in [-0.1, -0.05) is 71.8 Å².